The fraction of sp³-hybridized carbons (Fsp3) is 0.700. The van der Waals surface area contributed by atoms with Crippen LogP contribution in [0.1, 0.15) is 26.8 Å². The number of nitrogens with zero attached hydrogens (tertiary/aromatic N) is 2. The van der Waals surface area contributed by atoms with Crippen molar-refractivity contribution in [2.45, 2.75) is 37.5 Å². The Morgan fingerprint density at radius 2 is 2.28 bits per heavy atom. The molecule has 18 heavy (non-hydrogen) atoms. The predicted molar refractivity (Wildman–Crippen MR) is 68.6 cm³/mol. The van der Waals surface area contributed by atoms with Crippen LogP contribution in [0, 0.1) is 0 Å². The highest BCUT2D eigenvalue weighted by atomic mass is 32.2. The maximum atomic E-state index is 11.5. The zero-order valence-corrected chi connectivity index (χ0v) is 11.7. The van der Waals surface area contributed by atoms with Crippen molar-refractivity contribution in [3.05, 3.63) is 10.5 Å². The normalized spacial score (nSPS) is 14.6. The number of carbonyl (C=O) groups excluding carboxylic acids is 1. The number of hydrogen-bond donors (Lipinski definition) is 2. The van der Waals surface area contributed by atoms with Crippen LogP contribution in [0.25, 0.3) is 0 Å². The van der Waals surface area contributed by atoms with Crippen LogP contribution in [0.3, 0.4) is 0 Å². The average molecular weight is 274 g/mol. The molecule has 0 aliphatic rings. The smallest absolute Gasteiger partial charge is 0.344 e. The van der Waals surface area contributed by atoms with Crippen LogP contribution >= 0.6 is 11.8 Å². The van der Waals surface area contributed by atoms with E-state index in [0.29, 0.717) is 5.16 Å². The third kappa shape index (κ3) is 3.14. The maximum absolute atomic E-state index is 11.5. The summed E-state index contributed by atoms with van der Waals surface area (Å²) in [4.78, 5) is 22.9. The quantitative estimate of drug-likeness (QED) is 0.584. The molecule has 0 aromatic carbocycles. The standard InChI is InChI=1S/C10H18N4O3S/c1-6(2)14-8(16)12-13-9(14)18-5-10(3,11)7(15)17-4/h6H,5,11H2,1-4H3,(H,12,16). The van der Waals surface area contributed by atoms with Crippen molar-refractivity contribution in [1.29, 1.82) is 0 Å². The van der Waals surface area contributed by atoms with Crippen molar-refractivity contribution < 1.29 is 9.53 Å². The molecular formula is C10H18N4O3S. The van der Waals surface area contributed by atoms with E-state index >= 15 is 0 Å². The Balaban J connectivity index is 2.81. The van der Waals surface area contributed by atoms with Gasteiger partial charge < -0.3 is 10.5 Å². The summed E-state index contributed by atoms with van der Waals surface area (Å²) in [5.74, 6) is -0.222. The molecule has 0 spiro atoms. The SMILES string of the molecule is COC(=O)C(C)(N)CSc1n[nH]c(=O)n1C(C)C. The molecule has 1 atom stereocenters. The second-order valence-corrected chi connectivity index (χ2v) is 5.42. The summed E-state index contributed by atoms with van der Waals surface area (Å²) in [6.45, 7) is 5.34. The van der Waals surface area contributed by atoms with Crippen LogP contribution in [-0.2, 0) is 9.53 Å². The van der Waals surface area contributed by atoms with Crippen molar-refractivity contribution in [2.75, 3.05) is 12.9 Å². The Hall–Kier alpha value is -1.28. The summed E-state index contributed by atoms with van der Waals surface area (Å²) in [6, 6.07) is -0.0130. The van der Waals surface area contributed by atoms with Crippen molar-refractivity contribution in [2.24, 2.45) is 5.73 Å². The topological polar surface area (TPSA) is 103 Å². The van der Waals surface area contributed by atoms with Gasteiger partial charge in [-0.05, 0) is 20.8 Å². The molecule has 7 nitrogen and oxygen atoms in total. The second-order valence-electron chi connectivity index (χ2n) is 4.47. The zero-order valence-electron chi connectivity index (χ0n) is 10.9. The van der Waals surface area contributed by atoms with Crippen LogP contribution in [0.15, 0.2) is 9.95 Å². The summed E-state index contributed by atoms with van der Waals surface area (Å²) in [7, 11) is 1.29. The number of rotatable bonds is 5. The Bertz CT molecular complexity index is 478. The molecule has 102 valence electrons. The average Bonchev–Trinajstić information content (AvgIpc) is 2.66. The summed E-state index contributed by atoms with van der Waals surface area (Å²) in [5, 5.41) is 6.79. The van der Waals surface area contributed by atoms with Gasteiger partial charge in [0.15, 0.2) is 5.16 Å². The molecular weight excluding hydrogens is 256 g/mol. The van der Waals surface area contributed by atoms with Gasteiger partial charge in [-0.25, -0.2) is 9.89 Å². The molecule has 1 unspecified atom stereocenters. The van der Waals surface area contributed by atoms with E-state index in [2.05, 4.69) is 14.9 Å². The van der Waals surface area contributed by atoms with Crippen molar-refractivity contribution >= 4 is 17.7 Å². The monoisotopic (exact) mass is 274 g/mol. The molecule has 0 fully saturated rings. The van der Waals surface area contributed by atoms with Gasteiger partial charge in [-0.15, -0.1) is 5.10 Å². The molecule has 0 aliphatic heterocycles. The van der Waals surface area contributed by atoms with E-state index < -0.39 is 11.5 Å². The molecule has 1 rings (SSSR count). The first-order valence-corrected chi connectivity index (χ1v) is 6.45. The Morgan fingerprint density at radius 1 is 1.67 bits per heavy atom. The predicted octanol–water partition coefficient (Wildman–Crippen LogP) is 0.135. The highest BCUT2D eigenvalue weighted by Gasteiger charge is 2.30. The van der Waals surface area contributed by atoms with E-state index in [1.165, 1.54) is 23.4 Å². The maximum Gasteiger partial charge on any atom is 0.344 e. The highest BCUT2D eigenvalue weighted by molar-refractivity contribution is 7.99. The molecule has 0 aliphatic carbocycles. The second kappa shape index (κ2) is 5.57. The molecule has 3 N–H and O–H groups in total. The van der Waals surface area contributed by atoms with Gasteiger partial charge in [-0.1, -0.05) is 11.8 Å². The molecule has 1 aromatic rings. The number of esters is 1. The fourth-order valence-electron chi connectivity index (χ4n) is 1.35. The summed E-state index contributed by atoms with van der Waals surface area (Å²) >= 11 is 1.24. The van der Waals surface area contributed by atoms with Gasteiger partial charge in [0.2, 0.25) is 0 Å². The van der Waals surface area contributed by atoms with E-state index in [1.54, 1.807) is 6.92 Å². The Labute approximate surface area is 109 Å². The highest BCUT2D eigenvalue weighted by Crippen LogP contribution is 2.21. The van der Waals surface area contributed by atoms with E-state index in [4.69, 9.17) is 5.73 Å². The number of hydrogen-bond acceptors (Lipinski definition) is 6. The van der Waals surface area contributed by atoms with Crippen LogP contribution in [0.5, 0.6) is 0 Å². The Morgan fingerprint density at radius 3 is 2.78 bits per heavy atom. The number of nitrogens with two attached hydrogens (primary N) is 1. The van der Waals surface area contributed by atoms with Gasteiger partial charge in [0.25, 0.3) is 0 Å². The molecule has 0 amide bonds. The molecule has 8 heteroatoms. The van der Waals surface area contributed by atoms with E-state index in [0.717, 1.165) is 0 Å². The number of nitrogens with one attached hydrogen (secondary N) is 1. The van der Waals surface area contributed by atoms with Gasteiger partial charge in [0, 0.05) is 11.8 Å². The minimum Gasteiger partial charge on any atom is -0.468 e. The summed E-state index contributed by atoms with van der Waals surface area (Å²) in [6.07, 6.45) is 0. The molecule has 0 bridgehead atoms. The number of methoxy groups -OCH3 is 1. The van der Waals surface area contributed by atoms with E-state index in [9.17, 15) is 9.59 Å². The fourth-order valence-corrected chi connectivity index (χ4v) is 2.44. The number of thioether (sulfide) groups is 1. The molecule has 1 aromatic heterocycles. The number of aromatic nitrogens is 3. The summed E-state index contributed by atoms with van der Waals surface area (Å²) < 4.78 is 6.12. The van der Waals surface area contributed by atoms with Crippen LogP contribution < -0.4 is 11.4 Å². The van der Waals surface area contributed by atoms with Crippen molar-refractivity contribution in [3.63, 3.8) is 0 Å². The van der Waals surface area contributed by atoms with Gasteiger partial charge in [-0.3, -0.25) is 9.36 Å². The van der Waals surface area contributed by atoms with Gasteiger partial charge >= 0.3 is 11.7 Å². The molecule has 0 radical (unpaired) electrons. The lowest BCUT2D eigenvalue weighted by Crippen LogP contribution is -2.48. The van der Waals surface area contributed by atoms with Gasteiger partial charge in [-0.2, -0.15) is 0 Å². The van der Waals surface area contributed by atoms with Gasteiger partial charge in [0.1, 0.15) is 5.54 Å². The van der Waals surface area contributed by atoms with Crippen molar-refractivity contribution in [1.82, 2.24) is 14.8 Å². The van der Waals surface area contributed by atoms with E-state index in [-0.39, 0.29) is 17.5 Å². The van der Waals surface area contributed by atoms with Crippen LogP contribution in [0.2, 0.25) is 0 Å². The zero-order chi connectivity index (χ0) is 13.9. The Kier molecular flexibility index (Phi) is 4.58. The largest absolute Gasteiger partial charge is 0.468 e. The number of aromatic amines is 1. The number of carbonyl (C=O) groups is 1. The molecule has 1 heterocycles. The third-order valence-corrected chi connectivity index (χ3v) is 3.63. The lowest BCUT2D eigenvalue weighted by Gasteiger charge is -2.20. The number of ether oxygens (including phenoxy) is 1. The minimum atomic E-state index is -1.11. The van der Waals surface area contributed by atoms with Crippen LogP contribution in [-0.4, -0.2) is 39.1 Å². The molecule has 0 saturated carbocycles. The first kappa shape index (κ1) is 14.8. The van der Waals surface area contributed by atoms with Crippen molar-refractivity contribution in [3.8, 4) is 0 Å². The first-order valence-electron chi connectivity index (χ1n) is 5.46. The lowest BCUT2D eigenvalue weighted by atomic mass is 10.1. The van der Waals surface area contributed by atoms with Gasteiger partial charge in [0.05, 0.1) is 7.11 Å². The lowest BCUT2D eigenvalue weighted by molar-refractivity contribution is -0.145. The summed E-state index contributed by atoms with van der Waals surface area (Å²) in [5.41, 5.74) is 4.44. The number of H-pyrrole nitrogens is 1. The first-order chi connectivity index (χ1) is 8.29. The van der Waals surface area contributed by atoms with Crippen LogP contribution in [0.4, 0.5) is 0 Å². The van der Waals surface area contributed by atoms with E-state index in [1.807, 2.05) is 13.8 Å². The molecule has 0 saturated heterocycles. The minimum absolute atomic E-state index is 0.0130. The third-order valence-electron chi connectivity index (χ3n) is 2.34.